The highest BCUT2D eigenvalue weighted by Crippen LogP contribution is 2.19. The predicted molar refractivity (Wildman–Crippen MR) is 72.2 cm³/mol. The summed E-state index contributed by atoms with van der Waals surface area (Å²) in [7, 11) is -3.82. The number of aliphatic hydroxyl groups is 1. The molecule has 2 aromatic heterocycles. The molecule has 0 bridgehead atoms. The van der Waals surface area contributed by atoms with Gasteiger partial charge in [-0.2, -0.15) is 5.10 Å². The highest BCUT2D eigenvalue weighted by atomic mass is 32.2. The summed E-state index contributed by atoms with van der Waals surface area (Å²) in [4.78, 5) is 4.10. The molecule has 8 heteroatoms. The number of hydrogen-bond acceptors (Lipinski definition) is 5. The fraction of sp³-hybridized carbons (Fsp3) is 0.333. The van der Waals surface area contributed by atoms with Crippen molar-refractivity contribution in [2.24, 2.45) is 0 Å². The van der Waals surface area contributed by atoms with Crippen molar-refractivity contribution >= 4 is 10.0 Å². The molecular weight excluding hydrogens is 280 g/mol. The van der Waals surface area contributed by atoms with Gasteiger partial charge in [-0.15, -0.1) is 0 Å². The molecule has 0 spiro atoms. The average molecular weight is 296 g/mol. The molecule has 0 radical (unpaired) electrons. The van der Waals surface area contributed by atoms with Gasteiger partial charge in [0.2, 0.25) is 0 Å². The number of rotatable bonds is 5. The molecular formula is C12H16N4O3S. The Morgan fingerprint density at radius 3 is 2.80 bits per heavy atom. The summed E-state index contributed by atoms with van der Waals surface area (Å²) in [6.07, 6.45) is 1.60. The number of sulfonamides is 1. The van der Waals surface area contributed by atoms with Crippen LogP contribution in [0.2, 0.25) is 0 Å². The molecule has 0 aromatic carbocycles. The smallest absolute Gasteiger partial charge is 0.260 e. The van der Waals surface area contributed by atoms with Gasteiger partial charge in [-0.05, 0) is 26.0 Å². The first-order chi connectivity index (χ1) is 9.45. The van der Waals surface area contributed by atoms with Gasteiger partial charge in [0.15, 0.2) is 5.03 Å². The zero-order valence-corrected chi connectivity index (χ0v) is 12.0. The lowest BCUT2D eigenvalue weighted by Gasteiger charge is -2.13. The number of hydrogen-bond donors (Lipinski definition) is 3. The monoisotopic (exact) mass is 296 g/mol. The maximum absolute atomic E-state index is 12.3. The molecule has 2 rings (SSSR count). The molecule has 7 nitrogen and oxygen atoms in total. The summed E-state index contributed by atoms with van der Waals surface area (Å²) in [6, 6.07) is 4.77. The van der Waals surface area contributed by atoms with Crippen molar-refractivity contribution in [1.29, 1.82) is 0 Å². The minimum absolute atomic E-state index is 0.180. The third-order valence-electron chi connectivity index (χ3n) is 2.91. The maximum atomic E-state index is 12.3. The van der Waals surface area contributed by atoms with Crippen LogP contribution in [0, 0.1) is 6.92 Å². The van der Waals surface area contributed by atoms with Crippen molar-refractivity contribution < 1.29 is 13.5 Å². The number of nitrogens with one attached hydrogen (secondary N) is 2. The third-order valence-corrected chi connectivity index (χ3v) is 4.42. The number of aromatic amines is 1. The Kier molecular flexibility index (Phi) is 4.17. The molecule has 0 aliphatic heterocycles. The molecule has 0 fully saturated rings. The van der Waals surface area contributed by atoms with Crippen molar-refractivity contribution in [3.05, 3.63) is 41.3 Å². The van der Waals surface area contributed by atoms with Crippen LogP contribution in [0.3, 0.4) is 0 Å². The number of aliphatic hydroxyl groups excluding tert-OH is 1. The first-order valence-electron chi connectivity index (χ1n) is 6.03. The molecule has 108 valence electrons. The summed E-state index contributed by atoms with van der Waals surface area (Å²) in [5, 5.41) is 15.4. The minimum atomic E-state index is -3.82. The minimum Gasteiger partial charge on any atom is -0.392 e. The molecule has 0 amide bonds. The predicted octanol–water partition coefficient (Wildman–Crippen LogP) is 0.645. The molecule has 0 aliphatic rings. The summed E-state index contributed by atoms with van der Waals surface area (Å²) in [6.45, 7) is 2.95. The van der Waals surface area contributed by atoms with Crippen molar-refractivity contribution in [2.45, 2.75) is 31.5 Å². The number of pyridine rings is 1. The Bertz CT molecular complexity index is 682. The van der Waals surface area contributed by atoms with Crippen molar-refractivity contribution in [3.63, 3.8) is 0 Å². The zero-order chi connectivity index (χ0) is 14.8. The summed E-state index contributed by atoms with van der Waals surface area (Å²) in [5.74, 6) is 0. The van der Waals surface area contributed by atoms with Gasteiger partial charge in [-0.3, -0.25) is 10.1 Å². The van der Waals surface area contributed by atoms with Crippen LogP contribution in [0.1, 0.15) is 29.9 Å². The normalized spacial score (nSPS) is 13.3. The second-order valence-corrected chi connectivity index (χ2v) is 6.02. The van der Waals surface area contributed by atoms with Gasteiger partial charge in [-0.25, -0.2) is 13.1 Å². The van der Waals surface area contributed by atoms with Gasteiger partial charge in [0, 0.05) is 17.5 Å². The fourth-order valence-electron chi connectivity index (χ4n) is 1.82. The first-order valence-corrected chi connectivity index (χ1v) is 7.52. The second kappa shape index (κ2) is 5.70. The lowest BCUT2D eigenvalue weighted by atomic mass is 10.2. The quantitative estimate of drug-likeness (QED) is 0.750. The fourth-order valence-corrected chi connectivity index (χ4v) is 3.23. The van der Waals surface area contributed by atoms with Gasteiger partial charge < -0.3 is 5.11 Å². The van der Waals surface area contributed by atoms with Crippen LogP contribution in [-0.2, 0) is 16.6 Å². The maximum Gasteiger partial charge on any atom is 0.260 e. The summed E-state index contributed by atoms with van der Waals surface area (Å²) in [5.41, 5.74) is 1.40. The van der Waals surface area contributed by atoms with Gasteiger partial charge in [-0.1, -0.05) is 6.07 Å². The number of aromatic nitrogens is 3. The topological polar surface area (TPSA) is 108 Å². The van der Waals surface area contributed by atoms with Gasteiger partial charge in [0.25, 0.3) is 10.0 Å². The van der Waals surface area contributed by atoms with E-state index >= 15 is 0 Å². The van der Waals surface area contributed by atoms with E-state index in [0.717, 1.165) is 0 Å². The van der Waals surface area contributed by atoms with Crippen LogP contribution in [0.5, 0.6) is 0 Å². The van der Waals surface area contributed by atoms with Crippen molar-refractivity contribution in [3.8, 4) is 0 Å². The van der Waals surface area contributed by atoms with Crippen LogP contribution >= 0.6 is 0 Å². The molecule has 2 heterocycles. The molecule has 3 N–H and O–H groups in total. The summed E-state index contributed by atoms with van der Waals surface area (Å²) < 4.78 is 27.0. The van der Waals surface area contributed by atoms with Gasteiger partial charge in [0.05, 0.1) is 18.3 Å². The van der Waals surface area contributed by atoms with E-state index in [1.807, 2.05) is 0 Å². The van der Waals surface area contributed by atoms with Crippen LogP contribution in [0.25, 0.3) is 0 Å². The number of aryl methyl sites for hydroxylation is 1. The summed E-state index contributed by atoms with van der Waals surface area (Å²) >= 11 is 0. The highest BCUT2D eigenvalue weighted by molar-refractivity contribution is 7.89. The molecule has 1 atom stereocenters. The third kappa shape index (κ3) is 2.87. The molecule has 0 saturated carbocycles. The SMILES string of the molecule is Cc1[nH]nc(S(=O)(=O)NC(C)c2ccccn2)c1CO. The van der Waals surface area contributed by atoms with Crippen LogP contribution in [0.4, 0.5) is 0 Å². The van der Waals surface area contributed by atoms with Gasteiger partial charge >= 0.3 is 0 Å². The van der Waals surface area contributed by atoms with E-state index < -0.39 is 22.7 Å². The van der Waals surface area contributed by atoms with Crippen molar-refractivity contribution in [2.75, 3.05) is 0 Å². The van der Waals surface area contributed by atoms with E-state index in [2.05, 4.69) is 19.9 Å². The number of H-pyrrole nitrogens is 1. The van der Waals surface area contributed by atoms with E-state index in [4.69, 9.17) is 0 Å². The Morgan fingerprint density at radius 1 is 1.45 bits per heavy atom. The Labute approximate surface area is 117 Å². The average Bonchev–Trinajstić information content (AvgIpc) is 2.81. The molecule has 20 heavy (non-hydrogen) atoms. The lowest BCUT2D eigenvalue weighted by molar-refractivity contribution is 0.277. The van der Waals surface area contributed by atoms with Crippen LogP contribution in [-0.4, -0.2) is 28.7 Å². The first kappa shape index (κ1) is 14.6. The molecule has 1 unspecified atom stereocenters. The lowest BCUT2D eigenvalue weighted by Crippen LogP contribution is -2.28. The number of nitrogens with zero attached hydrogens (tertiary/aromatic N) is 2. The molecule has 0 saturated heterocycles. The highest BCUT2D eigenvalue weighted by Gasteiger charge is 2.25. The van der Waals surface area contributed by atoms with E-state index in [1.165, 1.54) is 0 Å². The largest absolute Gasteiger partial charge is 0.392 e. The van der Waals surface area contributed by atoms with Crippen LogP contribution < -0.4 is 4.72 Å². The van der Waals surface area contributed by atoms with E-state index in [1.54, 1.807) is 38.2 Å². The zero-order valence-electron chi connectivity index (χ0n) is 11.2. The van der Waals surface area contributed by atoms with E-state index in [9.17, 15) is 13.5 Å². The second-order valence-electron chi connectivity index (χ2n) is 4.39. The Morgan fingerprint density at radius 2 is 2.20 bits per heavy atom. The van der Waals surface area contributed by atoms with E-state index in [-0.39, 0.29) is 10.6 Å². The Balaban J connectivity index is 2.28. The van der Waals surface area contributed by atoms with Crippen molar-refractivity contribution in [1.82, 2.24) is 19.9 Å². The van der Waals surface area contributed by atoms with E-state index in [0.29, 0.717) is 11.4 Å². The van der Waals surface area contributed by atoms with Gasteiger partial charge in [0.1, 0.15) is 0 Å². The standard InChI is InChI=1S/C12H16N4O3S/c1-8-10(7-17)12(15-14-8)20(18,19)16-9(2)11-5-3-4-6-13-11/h3-6,9,16-17H,7H2,1-2H3,(H,14,15). The molecule has 2 aromatic rings. The molecule has 0 aliphatic carbocycles. The van der Waals surface area contributed by atoms with Crippen LogP contribution in [0.15, 0.2) is 29.4 Å². The Hall–Kier alpha value is -1.77.